The normalized spacial score (nSPS) is 11.4. The van der Waals surface area contributed by atoms with Gasteiger partial charge in [0.2, 0.25) is 0 Å². The number of nitrogens with zero attached hydrogens (tertiary/aromatic N) is 3. The van der Waals surface area contributed by atoms with Crippen LogP contribution in [-0.4, -0.2) is 34.7 Å². The maximum Gasteiger partial charge on any atom is 0.181 e. The quantitative estimate of drug-likeness (QED) is 0.539. The zero-order chi connectivity index (χ0) is 17.2. The Balaban J connectivity index is 1.57. The van der Waals surface area contributed by atoms with Gasteiger partial charge in [0.1, 0.15) is 18.0 Å². The largest absolute Gasteiger partial charge is 0.491 e. The molecule has 0 spiro atoms. The molecule has 0 aliphatic rings. The third-order valence-corrected chi connectivity index (χ3v) is 4.82. The molecule has 0 saturated heterocycles. The first kappa shape index (κ1) is 15.9. The smallest absolute Gasteiger partial charge is 0.181 e. The number of imidazole rings is 1. The molecule has 1 aromatic carbocycles. The fourth-order valence-electron chi connectivity index (χ4n) is 2.78. The number of hydrogen-bond donors (Lipinski definition) is 1. The van der Waals surface area contributed by atoms with Gasteiger partial charge in [0.05, 0.1) is 16.8 Å². The molecule has 6 nitrogen and oxygen atoms in total. The second kappa shape index (κ2) is 6.70. The summed E-state index contributed by atoms with van der Waals surface area (Å²) in [5.41, 5.74) is 9.92. The fraction of sp³-hybridized carbons (Fsp3) is 0.222. The summed E-state index contributed by atoms with van der Waals surface area (Å²) in [6, 6.07) is 10.1. The number of fused-ring (bicyclic) bond motifs is 2. The summed E-state index contributed by atoms with van der Waals surface area (Å²) >= 11 is 1.51. The highest BCUT2D eigenvalue weighted by atomic mass is 32.1. The molecule has 0 unspecified atom stereocenters. The van der Waals surface area contributed by atoms with E-state index in [2.05, 4.69) is 26.5 Å². The molecule has 4 aromatic rings. The van der Waals surface area contributed by atoms with Crippen LogP contribution in [-0.2, 0) is 11.2 Å². The Morgan fingerprint density at radius 1 is 1.20 bits per heavy atom. The molecule has 0 aliphatic heterocycles. The number of nitrogen functional groups attached to an aromatic ring is 1. The van der Waals surface area contributed by atoms with E-state index in [1.807, 2.05) is 30.6 Å². The van der Waals surface area contributed by atoms with Crippen molar-refractivity contribution in [2.45, 2.75) is 6.42 Å². The van der Waals surface area contributed by atoms with E-state index >= 15 is 0 Å². The maximum atomic E-state index is 5.78. The van der Waals surface area contributed by atoms with Crippen molar-refractivity contribution in [2.75, 3.05) is 26.1 Å². The van der Waals surface area contributed by atoms with Crippen molar-refractivity contribution >= 4 is 32.3 Å². The lowest BCUT2D eigenvalue weighted by atomic mass is 10.1. The molecule has 0 atom stereocenters. The molecule has 0 bridgehead atoms. The van der Waals surface area contributed by atoms with Crippen LogP contribution in [0.1, 0.15) is 11.3 Å². The van der Waals surface area contributed by atoms with E-state index in [1.54, 1.807) is 7.11 Å². The summed E-state index contributed by atoms with van der Waals surface area (Å²) in [7, 11) is 1.66. The van der Waals surface area contributed by atoms with Gasteiger partial charge in [-0.05, 0) is 23.8 Å². The molecular formula is C18H18N4O2S. The number of thiazole rings is 1. The van der Waals surface area contributed by atoms with Gasteiger partial charge in [0.15, 0.2) is 5.13 Å². The number of ether oxygens (including phenoxy) is 2. The van der Waals surface area contributed by atoms with Crippen molar-refractivity contribution in [1.29, 1.82) is 0 Å². The highest BCUT2D eigenvalue weighted by molar-refractivity contribution is 7.22. The molecule has 2 N–H and O–H groups in total. The first-order valence-corrected chi connectivity index (χ1v) is 8.77. The number of pyridine rings is 1. The van der Waals surface area contributed by atoms with Gasteiger partial charge in [-0.1, -0.05) is 17.4 Å². The minimum atomic E-state index is 0.526. The second-order valence-electron chi connectivity index (χ2n) is 5.71. The predicted octanol–water partition coefficient (Wildman–Crippen LogP) is 3.14. The van der Waals surface area contributed by atoms with Crippen molar-refractivity contribution in [3.63, 3.8) is 0 Å². The Hall–Kier alpha value is -2.64. The summed E-state index contributed by atoms with van der Waals surface area (Å²) in [6.45, 7) is 1.09. The molecule has 128 valence electrons. The van der Waals surface area contributed by atoms with Crippen LogP contribution in [0, 0.1) is 0 Å². The zero-order valence-corrected chi connectivity index (χ0v) is 14.6. The lowest BCUT2D eigenvalue weighted by Gasteiger charge is -2.07. The SMILES string of the molecule is COCCOc1ccn2c(Cc3ccc4nc(N)sc4c3)cnc2c1. The van der Waals surface area contributed by atoms with Gasteiger partial charge in [-0.25, -0.2) is 9.97 Å². The van der Waals surface area contributed by atoms with Crippen LogP contribution in [0.5, 0.6) is 5.75 Å². The Labute approximate surface area is 148 Å². The summed E-state index contributed by atoms with van der Waals surface area (Å²) in [5.74, 6) is 0.795. The van der Waals surface area contributed by atoms with Crippen LogP contribution >= 0.6 is 11.3 Å². The third kappa shape index (κ3) is 3.29. The van der Waals surface area contributed by atoms with Gasteiger partial charge in [0.25, 0.3) is 0 Å². The first-order chi connectivity index (χ1) is 12.2. The molecule has 3 heterocycles. The van der Waals surface area contributed by atoms with Crippen molar-refractivity contribution in [3.8, 4) is 5.75 Å². The monoisotopic (exact) mass is 354 g/mol. The highest BCUT2D eigenvalue weighted by Gasteiger charge is 2.08. The van der Waals surface area contributed by atoms with E-state index in [0.717, 1.165) is 33.7 Å². The second-order valence-corrected chi connectivity index (χ2v) is 6.77. The van der Waals surface area contributed by atoms with Gasteiger partial charge in [-0.2, -0.15) is 0 Å². The van der Waals surface area contributed by atoms with Crippen molar-refractivity contribution in [1.82, 2.24) is 14.4 Å². The van der Waals surface area contributed by atoms with E-state index < -0.39 is 0 Å². The number of hydrogen-bond acceptors (Lipinski definition) is 6. The zero-order valence-electron chi connectivity index (χ0n) is 13.8. The van der Waals surface area contributed by atoms with Gasteiger partial charge >= 0.3 is 0 Å². The topological polar surface area (TPSA) is 74.7 Å². The van der Waals surface area contributed by atoms with Crippen molar-refractivity contribution < 1.29 is 9.47 Å². The molecular weight excluding hydrogens is 336 g/mol. The van der Waals surface area contributed by atoms with Crippen LogP contribution in [0.2, 0.25) is 0 Å². The Kier molecular flexibility index (Phi) is 4.25. The average molecular weight is 354 g/mol. The van der Waals surface area contributed by atoms with E-state index in [4.69, 9.17) is 15.2 Å². The number of rotatable bonds is 6. The van der Waals surface area contributed by atoms with E-state index in [-0.39, 0.29) is 0 Å². The molecule has 0 saturated carbocycles. The fourth-order valence-corrected chi connectivity index (χ4v) is 3.58. The number of methoxy groups -OCH3 is 1. The molecule has 0 aliphatic carbocycles. The minimum absolute atomic E-state index is 0.526. The summed E-state index contributed by atoms with van der Waals surface area (Å²) in [4.78, 5) is 8.79. The first-order valence-electron chi connectivity index (χ1n) is 7.95. The van der Waals surface area contributed by atoms with Crippen LogP contribution in [0.3, 0.4) is 0 Å². The van der Waals surface area contributed by atoms with E-state index in [9.17, 15) is 0 Å². The summed E-state index contributed by atoms with van der Waals surface area (Å²) in [5, 5.41) is 0.600. The van der Waals surface area contributed by atoms with Gasteiger partial charge in [0, 0.05) is 37.7 Å². The van der Waals surface area contributed by atoms with Gasteiger partial charge in [-0.15, -0.1) is 0 Å². The molecule has 0 radical (unpaired) electrons. The average Bonchev–Trinajstić information content (AvgIpc) is 3.17. The number of aromatic nitrogens is 3. The van der Waals surface area contributed by atoms with E-state index in [1.165, 1.54) is 16.9 Å². The Morgan fingerprint density at radius 2 is 2.12 bits per heavy atom. The molecule has 0 fully saturated rings. The maximum absolute atomic E-state index is 5.78. The van der Waals surface area contributed by atoms with Gasteiger partial charge in [-0.3, -0.25) is 0 Å². The van der Waals surface area contributed by atoms with Crippen molar-refractivity contribution in [2.24, 2.45) is 0 Å². The highest BCUT2D eigenvalue weighted by Crippen LogP contribution is 2.26. The Morgan fingerprint density at radius 3 is 3.00 bits per heavy atom. The predicted molar refractivity (Wildman–Crippen MR) is 99.4 cm³/mol. The molecule has 3 aromatic heterocycles. The van der Waals surface area contributed by atoms with Gasteiger partial charge < -0.3 is 19.6 Å². The summed E-state index contributed by atoms with van der Waals surface area (Å²) < 4.78 is 13.8. The van der Waals surface area contributed by atoms with E-state index in [0.29, 0.717) is 18.3 Å². The molecule has 7 heteroatoms. The van der Waals surface area contributed by atoms with Crippen molar-refractivity contribution in [3.05, 3.63) is 54.0 Å². The standard InChI is InChI=1S/C18H18N4O2S/c1-23-6-7-24-14-4-5-22-13(11-20-17(22)10-14)8-12-2-3-15-16(9-12)25-18(19)21-15/h2-5,9-11H,6-8H2,1H3,(H2,19,21). The molecule has 4 rings (SSSR count). The van der Waals surface area contributed by atoms with Crippen LogP contribution in [0.25, 0.3) is 15.9 Å². The Bertz CT molecular complexity index is 1020. The van der Waals surface area contributed by atoms with Crippen LogP contribution < -0.4 is 10.5 Å². The number of anilines is 1. The lowest BCUT2D eigenvalue weighted by Crippen LogP contribution is -2.04. The molecule has 25 heavy (non-hydrogen) atoms. The number of benzene rings is 1. The number of nitrogens with two attached hydrogens (primary N) is 1. The minimum Gasteiger partial charge on any atom is -0.491 e. The van der Waals surface area contributed by atoms with Crippen LogP contribution in [0.15, 0.2) is 42.7 Å². The summed E-state index contributed by atoms with van der Waals surface area (Å²) in [6.07, 6.45) is 4.68. The lowest BCUT2D eigenvalue weighted by molar-refractivity contribution is 0.146. The molecule has 0 amide bonds. The van der Waals surface area contributed by atoms with Crippen LogP contribution in [0.4, 0.5) is 5.13 Å². The third-order valence-electron chi connectivity index (χ3n) is 3.97.